The molecule has 0 aliphatic heterocycles. The summed E-state index contributed by atoms with van der Waals surface area (Å²) in [6.07, 6.45) is 1.44. The van der Waals surface area contributed by atoms with Crippen molar-refractivity contribution >= 4 is 5.91 Å². The van der Waals surface area contributed by atoms with Crippen LogP contribution in [0.15, 0.2) is 24.3 Å². The van der Waals surface area contributed by atoms with Crippen LogP contribution in [0.4, 0.5) is 13.2 Å². The Morgan fingerprint density at radius 1 is 1.30 bits per heavy atom. The number of nitrogens with zero attached hydrogens (tertiary/aromatic N) is 4. The van der Waals surface area contributed by atoms with Crippen LogP contribution in [-0.2, 0) is 11.0 Å². The molecule has 1 atom stereocenters. The zero-order chi connectivity index (χ0) is 19.4. The van der Waals surface area contributed by atoms with Crippen molar-refractivity contribution < 1.29 is 18.0 Å². The number of rotatable bonds is 5. The minimum Gasteiger partial charge on any atom is -0.354 e. The van der Waals surface area contributed by atoms with Gasteiger partial charge in [0.15, 0.2) is 0 Å². The summed E-state index contributed by atoms with van der Waals surface area (Å²) >= 11 is 0. The van der Waals surface area contributed by atoms with Crippen molar-refractivity contribution in [3.8, 4) is 11.4 Å². The molecule has 6 nitrogen and oxygen atoms in total. The van der Waals surface area contributed by atoms with Crippen LogP contribution < -0.4 is 5.32 Å². The number of amides is 1. The number of benzene rings is 1. The normalized spacial score (nSPS) is 16.9. The number of carbonyl (C=O) groups excluding carboxylic acids is 1. The topological polar surface area (TPSA) is 72.7 Å². The van der Waals surface area contributed by atoms with Crippen molar-refractivity contribution in [1.29, 1.82) is 0 Å². The van der Waals surface area contributed by atoms with Gasteiger partial charge in [0.1, 0.15) is 6.04 Å². The van der Waals surface area contributed by atoms with Crippen LogP contribution in [-0.4, -0.2) is 32.7 Å². The van der Waals surface area contributed by atoms with Gasteiger partial charge < -0.3 is 5.32 Å². The number of nitrogens with one attached hydrogen (secondary N) is 1. The second-order valence-corrected chi connectivity index (χ2v) is 6.94. The van der Waals surface area contributed by atoms with E-state index in [1.807, 2.05) is 0 Å². The first-order valence-corrected chi connectivity index (χ1v) is 9.09. The van der Waals surface area contributed by atoms with Crippen LogP contribution in [0.2, 0.25) is 0 Å². The fraction of sp³-hybridized carbons (Fsp3) is 0.556. The maximum Gasteiger partial charge on any atom is 0.416 e. The highest BCUT2D eigenvalue weighted by molar-refractivity contribution is 5.79. The predicted molar refractivity (Wildman–Crippen MR) is 92.6 cm³/mol. The zero-order valence-electron chi connectivity index (χ0n) is 15.0. The molecule has 1 amide bonds. The molecule has 1 aromatic heterocycles. The molecule has 3 rings (SSSR count). The Hall–Kier alpha value is -2.45. The third-order valence-corrected chi connectivity index (χ3v) is 4.89. The minimum atomic E-state index is -4.45. The second kappa shape index (κ2) is 8.06. The van der Waals surface area contributed by atoms with E-state index in [1.165, 1.54) is 31.4 Å². The fourth-order valence-corrected chi connectivity index (χ4v) is 3.23. The smallest absolute Gasteiger partial charge is 0.354 e. The number of halogens is 3. The number of aromatic nitrogens is 4. The second-order valence-electron chi connectivity index (χ2n) is 6.94. The summed E-state index contributed by atoms with van der Waals surface area (Å²) in [4.78, 5) is 13.5. The van der Waals surface area contributed by atoms with E-state index in [9.17, 15) is 18.0 Å². The van der Waals surface area contributed by atoms with E-state index in [4.69, 9.17) is 0 Å². The molecule has 1 aliphatic carbocycles. The van der Waals surface area contributed by atoms with E-state index in [0.29, 0.717) is 12.5 Å². The van der Waals surface area contributed by atoms with Crippen molar-refractivity contribution in [1.82, 2.24) is 25.5 Å². The van der Waals surface area contributed by atoms with Crippen LogP contribution >= 0.6 is 0 Å². The Bertz CT molecular complexity index is 783. The van der Waals surface area contributed by atoms with Crippen molar-refractivity contribution in [2.45, 2.75) is 51.2 Å². The number of hydrogen-bond donors (Lipinski definition) is 1. The summed E-state index contributed by atoms with van der Waals surface area (Å²) in [5, 5.41) is 14.6. The van der Waals surface area contributed by atoms with Gasteiger partial charge in [-0.05, 0) is 43.0 Å². The van der Waals surface area contributed by atoms with Crippen molar-refractivity contribution in [2.75, 3.05) is 6.54 Å². The fourth-order valence-electron chi connectivity index (χ4n) is 3.23. The van der Waals surface area contributed by atoms with Gasteiger partial charge >= 0.3 is 6.18 Å². The molecule has 146 valence electrons. The van der Waals surface area contributed by atoms with E-state index in [0.717, 1.165) is 29.8 Å². The first-order chi connectivity index (χ1) is 12.8. The van der Waals surface area contributed by atoms with Gasteiger partial charge in [0.25, 0.3) is 0 Å². The van der Waals surface area contributed by atoms with Gasteiger partial charge in [-0.3, -0.25) is 4.79 Å². The minimum absolute atomic E-state index is 0.0491. The quantitative estimate of drug-likeness (QED) is 0.859. The first kappa shape index (κ1) is 19.3. The lowest BCUT2D eigenvalue weighted by molar-refractivity contribution is -0.137. The standard InChI is InChI=1S/C18H22F3N5O/c1-12(17(27)22-11-13-6-3-2-4-7-13)26-24-16(23-25-26)14-8-5-9-15(10-14)18(19,20)21/h5,8-10,12-13H,2-4,6-7,11H2,1H3,(H,22,27)/t12-/m0/s1. The molecule has 1 aromatic carbocycles. The predicted octanol–water partition coefficient (Wildman–Crippen LogP) is 3.62. The third-order valence-electron chi connectivity index (χ3n) is 4.89. The highest BCUT2D eigenvalue weighted by atomic mass is 19.4. The molecule has 1 N–H and O–H groups in total. The van der Waals surface area contributed by atoms with E-state index in [2.05, 4.69) is 20.7 Å². The number of alkyl halides is 3. The maximum atomic E-state index is 12.8. The Kier molecular flexibility index (Phi) is 5.76. The Labute approximate surface area is 155 Å². The van der Waals surface area contributed by atoms with Crippen molar-refractivity contribution in [3.63, 3.8) is 0 Å². The zero-order valence-corrected chi connectivity index (χ0v) is 15.0. The Morgan fingerprint density at radius 2 is 2.04 bits per heavy atom. The summed E-state index contributed by atoms with van der Waals surface area (Å²) in [6, 6.07) is 4.02. The molecule has 1 fully saturated rings. The summed E-state index contributed by atoms with van der Waals surface area (Å²) in [6.45, 7) is 2.26. The average molecular weight is 381 g/mol. The van der Waals surface area contributed by atoms with Gasteiger partial charge in [-0.1, -0.05) is 31.4 Å². The molecule has 0 spiro atoms. The third kappa shape index (κ3) is 4.84. The van der Waals surface area contributed by atoms with E-state index < -0.39 is 17.8 Å². The molecule has 27 heavy (non-hydrogen) atoms. The molecular weight excluding hydrogens is 359 g/mol. The highest BCUT2D eigenvalue weighted by Crippen LogP contribution is 2.31. The van der Waals surface area contributed by atoms with Crippen molar-refractivity contribution in [2.24, 2.45) is 5.92 Å². The lowest BCUT2D eigenvalue weighted by Crippen LogP contribution is -2.35. The lowest BCUT2D eigenvalue weighted by atomic mass is 9.89. The average Bonchev–Trinajstić information content (AvgIpc) is 3.16. The van der Waals surface area contributed by atoms with Crippen LogP contribution in [0.3, 0.4) is 0 Å². The van der Waals surface area contributed by atoms with Gasteiger partial charge in [0, 0.05) is 12.1 Å². The Morgan fingerprint density at radius 3 is 2.74 bits per heavy atom. The first-order valence-electron chi connectivity index (χ1n) is 9.09. The van der Waals surface area contributed by atoms with Gasteiger partial charge in [-0.2, -0.15) is 18.0 Å². The molecular formula is C18H22F3N5O. The largest absolute Gasteiger partial charge is 0.416 e. The van der Waals surface area contributed by atoms with E-state index in [-0.39, 0.29) is 17.3 Å². The van der Waals surface area contributed by atoms with Gasteiger partial charge in [0.2, 0.25) is 11.7 Å². The van der Waals surface area contributed by atoms with Gasteiger partial charge in [0.05, 0.1) is 5.56 Å². The van der Waals surface area contributed by atoms with E-state index in [1.54, 1.807) is 6.92 Å². The van der Waals surface area contributed by atoms with E-state index >= 15 is 0 Å². The maximum absolute atomic E-state index is 12.8. The number of carbonyl (C=O) groups is 1. The van der Waals surface area contributed by atoms with Crippen LogP contribution in [0.25, 0.3) is 11.4 Å². The monoisotopic (exact) mass is 381 g/mol. The molecule has 2 aromatic rings. The summed E-state index contributed by atoms with van der Waals surface area (Å²) in [5.41, 5.74) is -0.583. The molecule has 0 radical (unpaired) electrons. The molecule has 0 bridgehead atoms. The summed E-state index contributed by atoms with van der Waals surface area (Å²) in [7, 11) is 0. The van der Waals surface area contributed by atoms with Gasteiger partial charge in [-0.25, -0.2) is 0 Å². The number of hydrogen-bond acceptors (Lipinski definition) is 4. The SMILES string of the molecule is C[C@@H](C(=O)NCC1CCCCC1)n1nnc(-c2cccc(C(F)(F)F)c2)n1. The molecule has 0 unspecified atom stereocenters. The number of tetrazole rings is 1. The van der Waals surface area contributed by atoms with Crippen LogP contribution in [0.1, 0.15) is 50.6 Å². The summed E-state index contributed by atoms with van der Waals surface area (Å²) < 4.78 is 38.5. The van der Waals surface area contributed by atoms with Gasteiger partial charge in [-0.15, -0.1) is 10.2 Å². The summed E-state index contributed by atoms with van der Waals surface area (Å²) in [5.74, 6) is 0.320. The van der Waals surface area contributed by atoms with Crippen LogP contribution in [0.5, 0.6) is 0 Å². The highest BCUT2D eigenvalue weighted by Gasteiger charge is 2.31. The molecule has 9 heteroatoms. The molecule has 1 aliphatic rings. The Balaban J connectivity index is 1.65. The van der Waals surface area contributed by atoms with Crippen LogP contribution in [0, 0.1) is 5.92 Å². The van der Waals surface area contributed by atoms with Crippen molar-refractivity contribution in [3.05, 3.63) is 29.8 Å². The molecule has 0 saturated heterocycles. The molecule has 1 heterocycles. The molecule has 1 saturated carbocycles. The lowest BCUT2D eigenvalue weighted by Gasteiger charge is -2.22.